The lowest BCUT2D eigenvalue weighted by Gasteiger charge is -2.08. The molecular weight excluding hydrogens is 272 g/mol. The second kappa shape index (κ2) is 3.75. The van der Waals surface area contributed by atoms with E-state index in [1.807, 2.05) is 0 Å². The molecule has 0 spiro atoms. The van der Waals surface area contributed by atoms with E-state index in [9.17, 15) is 13.2 Å². The zero-order valence-electron chi connectivity index (χ0n) is 6.03. The zero-order chi connectivity index (χ0) is 10.1. The Hall–Kier alpha value is -0.420. The third-order valence-electron chi connectivity index (χ3n) is 1.12. The van der Waals surface area contributed by atoms with E-state index in [1.54, 1.807) is 0 Å². The minimum Gasteiger partial charge on any atom is -0.406 e. The van der Waals surface area contributed by atoms with Gasteiger partial charge in [0.2, 0.25) is 0 Å². The Morgan fingerprint density at radius 2 is 1.92 bits per heavy atom. The standard InChI is InChI=1S/C7H3BrClF3O/c8-5-3-4(1-2-6(5)9)13-7(10,11)12/h1-3H. The highest BCUT2D eigenvalue weighted by atomic mass is 79.9. The van der Waals surface area contributed by atoms with Gasteiger partial charge in [-0.05, 0) is 34.1 Å². The molecule has 0 N–H and O–H groups in total. The van der Waals surface area contributed by atoms with Crippen molar-refractivity contribution in [2.24, 2.45) is 0 Å². The number of rotatable bonds is 1. The third kappa shape index (κ3) is 3.44. The first-order valence-corrected chi connectivity index (χ1v) is 4.26. The van der Waals surface area contributed by atoms with Crippen LogP contribution >= 0.6 is 27.5 Å². The fourth-order valence-electron chi connectivity index (χ4n) is 0.674. The Morgan fingerprint density at radius 1 is 1.31 bits per heavy atom. The van der Waals surface area contributed by atoms with Crippen LogP contribution in [0.15, 0.2) is 22.7 Å². The Labute approximate surface area is 85.6 Å². The molecular formula is C7H3BrClF3O. The fraction of sp³-hybridized carbons (Fsp3) is 0.143. The molecule has 1 rings (SSSR count). The first kappa shape index (κ1) is 10.7. The number of ether oxygens (including phenoxy) is 1. The SMILES string of the molecule is FC(F)(F)Oc1ccc(Cl)c(Br)c1. The maximum Gasteiger partial charge on any atom is 0.573 e. The van der Waals surface area contributed by atoms with Crippen LogP contribution in [0.3, 0.4) is 0 Å². The lowest BCUT2D eigenvalue weighted by molar-refractivity contribution is -0.274. The Kier molecular flexibility index (Phi) is 3.08. The number of halogens is 5. The molecule has 1 nitrogen and oxygen atoms in total. The number of alkyl halides is 3. The van der Waals surface area contributed by atoms with Gasteiger partial charge in [-0.15, -0.1) is 13.2 Å². The van der Waals surface area contributed by atoms with Crippen LogP contribution in [0.1, 0.15) is 0 Å². The van der Waals surface area contributed by atoms with E-state index in [0.29, 0.717) is 9.50 Å². The van der Waals surface area contributed by atoms with Crippen molar-refractivity contribution in [1.29, 1.82) is 0 Å². The Bertz CT molecular complexity index is 313. The third-order valence-corrected chi connectivity index (χ3v) is 2.34. The van der Waals surface area contributed by atoms with Crippen LogP contribution in [0.25, 0.3) is 0 Å². The lowest BCUT2D eigenvalue weighted by atomic mass is 10.3. The van der Waals surface area contributed by atoms with Crippen molar-refractivity contribution in [3.05, 3.63) is 27.7 Å². The molecule has 0 aromatic heterocycles. The maximum absolute atomic E-state index is 11.7. The summed E-state index contributed by atoms with van der Waals surface area (Å²) in [6, 6.07) is 3.60. The van der Waals surface area contributed by atoms with Crippen molar-refractivity contribution in [2.75, 3.05) is 0 Å². The summed E-state index contributed by atoms with van der Waals surface area (Å²) >= 11 is 8.54. The van der Waals surface area contributed by atoms with Crippen molar-refractivity contribution in [1.82, 2.24) is 0 Å². The summed E-state index contributed by atoms with van der Waals surface area (Å²) in [7, 11) is 0. The summed E-state index contributed by atoms with van der Waals surface area (Å²) in [6.45, 7) is 0. The minimum atomic E-state index is -4.67. The van der Waals surface area contributed by atoms with E-state index >= 15 is 0 Å². The molecule has 6 heteroatoms. The molecule has 0 aliphatic carbocycles. The molecule has 72 valence electrons. The molecule has 0 heterocycles. The smallest absolute Gasteiger partial charge is 0.406 e. The van der Waals surface area contributed by atoms with Crippen LogP contribution in [0.5, 0.6) is 5.75 Å². The summed E-state index contributed by atoms with van der Waals surface area (Å²) < 4.78 is 39.1. The largest absolute Gasteiger partial charge is 0.573 e. The topological polar surface area (TPSA) is 9.23 Å². The normalized spacial score (nSPS) is 11.5. The molecule has 13 heavy (non-hydrogen) atoms. The molecule has 0 aliphatic rings. The molecule has 0 amide bonds. The fourth-order valence-corrected chi connectivity index (χ4v) is 1.15. The van der Waals surface area contributed by atoms with Crippen molar-refractivity contribution < 1.29 is 17.9 Å². The number of hydrogen-bond acceptors (Lipinski definition) is 1. The molecule has 1 aromatic carbocycles. The highest BCUT2D eigenvalue weighted by Crippen LogP contribution is 2.29. The molecule has 0 atom stereocenters. The highest BCUT2D eigenvalue weighted by Gasteiger charge is 2.31. The summed E-state index contributed by atoms with van der Waals surface area (Å²) in [5, 5.41) is 0.328. The Balaban J connectivity index is 2.86. The van der Waals surface area contributed by atoms with Gasteiger partial charge in [0.25, 0.3) is 0 Å². The molecule has 0 saturated carbocycles. The predicted octanol–water partition coefficient (Wildman–Crippen LogP) is 4.00. The van der Waals surface area contributed by atoms with E-state index in [-0.39, 0.29) is 5.75 Å². The van der Waals surface area contributed by atoms with Gasteiger partial charge < -0.3 is 4.74 Å². The van der Waals surface area contributed by atoms with Gasteiger partial charge in [0.1, 0.15) is 5.75 Å². The molecule has 0 radical (unpaired) electrons. The number of benzene rings is 1. The monoisotopic (exact) mass is 274 g/mol. The first-order valence-electron chi connectivity index (χ1n) is 3.09. The zero-order valence-corrected chi connectivity index (χ0v) is 8.37. The molecule has 1 aromatic rings. The average molecular weight is 275 g/mol. The molecule has 0 saturated heterocycles. The van der Waals surface area contributed by atoms with Gasteiger partial charge in [0, 0.05) is 4.47 Å². The average Bonchev–Trinajstić information content (AvgIpc) is 1.94. The molecule has 0 bridgehead atoms. The van der Waals surface area contributed by atoms with Gasteiger partial charge in [-0.3, -0.25) is 0 Å². The Morgan fingerprint density at radius 3 is 2.38 bits per heavy atom. The summed E-state index contributed by atoms with van der Waals surface area (Å²) in [6.07, 6.45) is -4.67. The second-order valence-corrected chi connectivity index (χ2v) is 3.39. The van der Waals surface area contributed by atoms with Crippen LogP contribution in [0, 0.1) is 0 Å². The number of hydrogen-bond donors (Lipinski definition) is 0. The van der Waals surface area contributed by atoms with E-state index in [1.165, 1.54) is 6.07 Å². The highest BCUT2D eigenvalue weighted by molar-refractivity contribution is 9.10. The van der Waals surface area contributed by atoms with Crippen LogP contribution in [-0.4, -0.2) is 6.36 Å². The van der Waals surface area contributed by atoms with E-state index < -0.39 is 6.36 Å². The van der Waals surface area contributed by atoms with Crippen molar-refractivity contribution in [3.63, 3.8) is 0 Å². The van der Waals surface area contributed by atoms with E-state index in [4.69, 9.17) is 11.6 Å². The second-order valence-electron chi connectivity index (χ2n) is 2.12. The predicted molar refractivity (Wildman–Crippen MR) is 45.8 cm³/mol. The summed E-state index contributed by atoms with van der Waals surface area (Å²) in [5.41, 5.74) is 0. The van der Waals surface area contributed by atoms with Gasteiger partial charge in [-0.25, -0.2) is 0 Å². The summed E-state index contributed by atoms with van der Waals surface area (Å²) in [5.74, 6) is -0.302. The van der Waals surface area contributed by atoms with Gasteiger partial charge in [-0.1, -0.05) is 11.6 Å². The van der Waals surface area contributed by atoms with Gasteiger partial charge in [0.15, 0.2) is 0 Å². The quantitative estimate of drug-likeness (QED) is 0.752. The van der Waals surface area contributed by atoms with Crippen molar-refractivity contribution in [3.8, 4) is 5.75 Å². The maximum atomic E-state index is 11.7. The van der Waals surface area contributed by atoms with Crippen LogP contribution < -0.4 is 4.74 Å². The minimum absolute atomic E-state index is 0.302. The van der Waals surface area contributed by atoms with Gasteiger partial charge in [0.05, 0.1) is 5.02 Å². The first-order chi connectivity index (χ1) is 5.88. The summed E-state index contributed by atoms with van der Waals surface area (Å²) in [4.78, 5) is 0. The lowest BCUT2D eigenvalue weighted by Crippen LogP contribution is -2.17. The molecule has 0 fully saturated rings. The van der Waals surface area contributed by atoms with E-state index in [0.717, 1.165) is 12.1 Å². The van der Waals surface area contributed by atoms with Crippen molar-refractivity contribution in [2.45, 2.75) is 6.36 Å². The molecule has 0 aliphatic heterocycles. The van der Waals surface area contributed by atoms with E-state index in [2.05, 4.69) is 20.7 Å². The van der Waals surface area contributed by atoms with Gasteiger partial charge >= 0.3 is 6.36 Å². The molecule has 0 unspecified atom stereocenters. The van der Waals surface area contributed by atoms with Crippen LogP contribution in [0.2, 0.25) is 5.02 Å². The van der Waals surface area contributed by atoms with Crippen LogP contribution in [-0.2, 0) is 0 Å². The van der Waals surface area contributed by atoms with Crippen LogP contribution in [0.4, 0.5) is 13.2 Å². The van der Waals surface area contributed by atoms with Crippen molar-refractivity contribution >= 4 is 27.5 Å². The van der Waals surface area contributed by atoms with Gasteiger partial charge in [-0.2, -0.15) is 0 Å².